The van der Waals surface area contributed by atoms with Crippen LogP contribution in [0.2, 0.25) is 0 Å². The lowest BCUT2D eigenvalue weighted by Crippen LogP contribution is -2.50. The van der Waals surface area contributed by atoms with Crippen LogP contribution in [0.25, 0.3) is 0 Å². The van der Waals surface area contributed by atoms with Crippen LogP contribution in [-0.2, 0) is 17.3 Å². The number of halogens is 3. The molecule has 1 atom stereocenters. The molecule has 120 valence electrons. The standard InChI is InChI=1S/C16H24F3NO/c1-4-15(5-2,21-6-3)14(20)11-12-7-9-13(10-8-12)16(17,18)19/h7-10,14H,4-6,11,20H2,1-3H3. The van der Waals surface area contributed by atoms with Crippen molar-refractivity contribution in [2.24, 2.45) is 5.73 Å². The zero-order valence-electron chi connectivity index (χ0n) is 12.8. The van der Waals surface area contributed by atoms with E-state index in [0.29, 0.717) is 13.0 Å². The summed E-state index contributed by atoms with van der Waals surface area (Å²) in [6, 6.07) is 4.93. The van der Waals surface area contributed by atoms with Gasteiger partial charge in [0, 0.05) is 12.6 Å². The Kier molecular flexibility index (Phi) is 6.23. The minimum Gasteiger partial charge on any atom is -0.374 e. The lowest BCUT2D eigenvalue weighted by Gasteiger charge is -2.37. The van der Waals surface area contributed by atoms with Crippen molar-refractivity contribution < 1.29 is 17.9 Å². The molecule has 0 bridgehead atoms. The Labute approximate surface area is 124 Å². The van der Waals surface area contributed by atoms with Crippen LogP contribution >= 0.6 is 0 Å². The molecule has 2 N–H and O–H groups in total. The van der Waals surface area contributed by atoms with E-state index in [1.54, 1.807) is 0 Å². The molecule has 0 aromatic heterocycles. The first-order chi connectivity index (χ1) is 9.79. The molecule has 0 aliphatic heterocycles. The lowest BCUT2D eigenvalue weighted by molar-refractivity contribution is -0.137. The van der Waals surface area contributed by atoms with E-state index in [1.165, 1.54) is 12.1 Å². The molecule has 1 unspecified atom stereocenters. The highest BCUT2D eigenvalue weighted by Crippen LogP contribution is 2.30. The molecule has 0 heterocycles. The zero-order chi connectivity index (χ0) is 16.1. The smallest absolute Gasteiger partial charge is 0.374 e. The molecule has 0 radical (unpaired) electrons. The molecule has 2 nitrogen and oxygen atoms in total. The van der Waals surface area contributed by atoms with Crippen LogP contribution in [0.3, 0.4) is 0 Å². The number of hydrogen-bond acceptors (Lipinski definition) is 2. The summed E-state index contributed by atoms with van der Waals surface area (Å²) in [7, 11) is 0. The third-order valence-electron chi connectivity index (χ3n) is 4.04. The predicted octanol–water partition coefficient (Wildman–Crippen LogP) is 4.17. The minimum atomic E-state index is -4.30. The van der Waals surface area contributed by atoms with Gasteiger partial charge in [-0.15, -0.1) is 0 Å². The molecule has 1 aromatic rings. The van der Waals surface area contributed by atoms with E-state index >= 15 is 0 Å². The molecule has 0 fully saturated rings. The van der Waals surface area contributed by atoms with Gasteiger partial charge in [-0.05, 0) is 43.9 Å². The van der Waals surface area contributed by atoms with Crippen LogP contribution in [0.15, 0.2) is 24.3 Å². The first-order valence-electron chi connectivity index (χ1n) is 7.34. The fourth-order valence-electron chi connectivity index (χ4n) is 2.64. The van der Waals surface area contributed by atoms with Crippen molar-refractivity contribution in [3.63, 3.8) is 0 Å². The van der Waals surface area contributed by atoms with Crippen LogP contribution in [0.4, 0.5) is 13.2 Å². The molecule has 0 aliphatic carbocycles. The average Bonchev–Trinajstić information content (AvgIpc) is 2.44. The Bertz CT molecular complexity index is 424. The van der Waals surface area contributed by atoms with Crippen LogP contribution in [-0.4, -0.2) is 18.2 Å². The Hall–Kier alpha value is -1.07. The second-order valence-corrected chi connectivity index (χ2v) is 5.21. The van der Waals surface area contributed by atoms with Gasteiger partial charge >= 0.3 is 6.18 Å². The second-order valence-electron chi connectivity index (χ2n) is 5.21. The zero-order valence-corrected chi connectivity index (χ0v) is 12.8. The molecule has 1 aromatic carbocycles. The van der Waals surface area contributed by atoms with E-state index in [-0.39, 0.29) is 6.04 Å². The maximum Gasteiger partial charge on any atom is 0.416 e. The highest BCUT2D eigenvalue weighted by atomic mass is 19.4. The van der Waals surface area contributed by atoms with Crippen molar-refractivity contribution in [3.8, 4) is 0 Å². The van der Waals surface area contributed by atoms with Gasteiger partial charge in [0.25, 0.3) is 0 Å². The number of benzene rings is 1. The topological polar surface area (TPSA) is 35.2 Å². The minimum absolute atomic E-state index is 0.246. The number of alkyl halides is 3. The van der Waals surface area contributed by atoms with Crippen LogP contribution in [0, 0.1) is 0 Å². The highest BCUT2D eigenvalue weighted by Gasteiger charge is 2.34. The van der Waals surface area contributed by atoms with Gasteiger partial charge in [0.2, 0.25) is 0 Å². The quantitative estimate of drug-likeness (QED) is 0.820. The predicted molar refractivity (Wildman–Crippen MR) is 78.1 cm³/mol. The molecule has 5 heteroatoms. The molecule has 0 aliphatic rings. The van der Waals surface area contributed by atoms with Gasteiger partial charge in [-0.2, -0.15) is 13.2 Å². The number of hydrogen-bond donors (Lipinski definition) is 1. The van der Waals surface area contributed by atoms with Gasteiger partial charge in [-0.25, -0.2) is 0 Å². The van der Waals surface area contributed by atoms with Crippen LogP contribution in [0.5, 0.6) is 0 Å². The maximum absolute atomic E-state index is 12.5. The van der Waals surface area contributed by atoms with Gasteiger partial charge in [0.1, 0.15) is 0 Å². The van der Waals surface area contributed by atoms with Crippen molar-refractivity contribution in [1.82, 2.24) is 0 Å². The molecular weight excluding hydrogens is 279 g/mol. The fourth-order valence-corrected chi connectivity index (χ4v) is 2.64. The Balaban J connectivity index is 2.84. The van der Waals surface area contributed by atoms with E-state index < -0.39 is 17.3 Å². The first kappa shape index (κ1) is 18.0. The molecule has 0 spiro atoms. The van der Waals surface area contributed by atoms with Gasteiger partial charge in [-0.1, -0.05) is 26.0 Å². The average molecular weight is 303 g/mol. The highest BCUT2D eigenvalue weighted by molar-refractivity contribution is 5.25. The van der Waals surface area contributed by atoms with Crippen molar-refractivity contribution in [2.75, 3.05) is 6.61 Å². The number of rotatable bonds is 7. The Morgan fingerprint density at radius 1 is 1.05 bits per heavy atom. The molecular formula is C16H24F3NO. The monoisotopic (exact) mass is 303 g/mol. The van der Waals surface area contributed by atoms with Gasteiger partial charge < -0.3 is 10.5 Å². The molecule has 0 saturated heterocycles. The van der Waals surface area contributed by atoms with Crippen molar-refractivity contribution in [3.05, 3.63) is 35.4 Å². The molecule has 21 heavy (non-hydrogen) atoms. The van der Waals surface area contributed by atoms with E-state index in [4.69, 9.17) is 10.5 Å². The summed E-state index contributed by atoms with van der Waals surface area (Å²) in [5.74, 6) is 0. The van der Waals surface area contributed by atoms with Gasteiger partial charge in [0.15, 0.2) is 0 Å². The largest absolute Gasteiger partial charge is 0.416 e. The summed E-state index contributed by atoms with van der Waals surface area (Å²) >= 11 is 0. The van der Waals surface area contributed by atoms with Crippen LogP contribution < -0.4 is 5.73 Å². The number of nitrogens with two attached hydrogens (primary N) is 1. The third kappa shape index (κ3) is 4.45. The van der Waals surface area contributed by atoms with Crippen molar-refractivity contribution >= 4 is 0 Å². The lowest BCUT2D eigenvalue weighted by atomic mass is 9.85. The van der Waals surface area contributed by atoms with E-state index in [2.05, 4.69) is 0 Å². The van der Waals surface area contributed by atoms with Gasteiger partial charge in [0.05, 0.1) is 11.2 Å². The summed E-state index contributed by atoms with van der Waals surface area (Å²) in [5, 5.41) is 0. The molecule has 0 amide bonds. The summed E-state index contributed by atoms with van der Waals surface area (Å²) in [5.41, 5.74) is 6.01. The normalized spacial score (nSPS) is 14.2. The van der Waals surface area contributed by atoms with E-state index in [9.17, 15) is 13.2 Å². The summed E-state index contributed by atoms with van der Waals surface area (Å²) in [6.07, 6.45) is -2.25. The fraction of sp³-hybridized carbons (Fsp3) is 0.625. The summed E-state index contributed by atoms with van der Waals surface area (Å²) < 4.78 is 43.4. The van der Waals surface area contributed by atoms with Gasteiger partial charge in [-0.3, -0.25) is 0 Å². The summed E-state index contributed by atoms with van der Waals surface area (Å²) in [4.78, 5) is 0. The third-order valence-corrected chi connectivity index (χ3v) is 4.04. The number of ether oxygens (including phenoxy) is 1. The first-order valence-corrected chi connectivity index (χ1v) is 7.34. The second kappa shape index (κ2) is 7.27. The molecule has 1 rings (SSSR count). The van der Waals surface area contributed by atoms with Crippen molar-refractivity contribution in [1.29, 1.82) is 0 Å². The maximum atomic E-state index is 12.5. The van der Waals surface area contributed by atoms with Crippen molar-refractivity contribution in [2.45, 2.75) is 57.9 Å². The molecule has 0 saturated carbocycles. The Morgan fingerprint density at radius 2 is 1.57 bits per heavy atom. The van der Waals surface area contributed by atoms with E-state index in [0.717, 1.165) is 30.5 Å². The van der Waals surface area contributed by atoms with Crippen LogP contribution in [0.1, 0.15) is 44.7 Å². The Morgan fingerprint density at radius 3 is 1.95 bits per heavy atom. The SMILES string of the molecule is CCOC(CC)(CC)C(N)Cc1ccc(C(F)(F)F)cc1. The summed E-state index contributed by atoms with van der Waals surface area (Å²) in [6.45, 7) is 6.53. The van der Waals surface area contributed by atoms with E-state index in [1.807, 2.05) is 20.8 Å².